The second kappa shape index (κ2) is 6.48. The third-order valence-corrected chi connectivity index (χ3v) is 4.66. The van der Waals surface area contributed by atoms with Gasteiger partial charge in [-0.3, -0.25) is 4.79 Å². The van der Waals surface area contributed by atoms with E-state index in [1.807, 2.05) is 48.2 Å². The van der Waals surface area contributed by atoms with Crippen molar-refractivity contribution in [2.75, 3.05) is 6.54 Å². The van der Waals surface area contributed by atoms with E-state index < -0.39 is 0 Å². The standard InChI is InChI=1S/C21H19N3O/c1-15-19(13-22-20(23-15)17-8-3-2-4-9-17)21(25)24-12-11-16-7-5-6-10-18(16)14-24/h2-10,13H,11-12,14H2,1H3. The Kier molecular flexibility index (Phi) is 4.02. The van der Waals surface area contributed by atoms with Crippen LogP contribution in [0.3, 0.4) is 0 Å². The highest BCUT2D eigenvalue weighted by molar-refractivity contribution is 5.95. The highest BCUT2D eigenvalue weighted by atomic mass is 16.2. The number of hydrogen-bond acceptors (Lipinski definition) is 3. The van der Waals surface area contributed by atoms with E-state index >= 15 is 0 Å². The normalized spacial score (nSPS) is 13.4. The Balaban J connectivity index is 1.59. The molecule has 1 amide bonds. The molecule has 4 nitrogen and oxygen atoms in total. The molecule has 124 valence electrons. The minimum Gasteiger partial charge on any atom is -0.334 e. The van der Waals surface area contributed by atoms with Crippen LogP contribution in [0.1, 0.15) is 27.2 Å². The number of hydrogen-bond donors (Lipinski definition) is 0. The number of aryl methyl sites for hydroxylation is 1. The minimum absolute atomic E-state index is 0.00612. The molecule has 0 spiro atoms. The second-order valence-corrected chi connectivity index (χ2v) is 6.30. The fourth-order valence-corrected chi connectivity index (χ4v) is 3.24. The highest BCUT2D eigenvalue weighted by Crippen LogP contribution is 2.22. The van der Waals surface area contributed by atoms with Crippen LogP contribution in [0.2, 0.25) is 0 Å². The number of fused-ring (bicyclic) bond motifs is 1. The molecule has 0 bridgehead atoms. The van der Waals surface area contributed by atoms with Crippen molar-refractivity contribution in [1.82, 2.24) is 14.9 Å². The third-order valence-electron chi connectivity index (χ3n) is 4.66. The van der Waals surface area contributed by atoms with Crippen molar-refractivity contribution in [3.63, 3.8) is 0 Å². The number of rotatable bonds is 2. The van der Waals surface area contributed by atoms with Crippen LogP contribution in [0, 0.1) is 6.92 Å². The average Bonchev–Trinajstić information content (AvgIpc) is 2.67. The van der Waals surface area contributed by atoms with Crippen molar-refractivity contribution in [2.45, 2.75) is 19.9 Å². The van der Waals surface area contributed by atoms with E-state index in [2.05, 4.69) is 28.2 Å². The van der Waals surface area contributed by atoms with Gasteiger partial charge in [0, 0.05) is 24.8 Å². The number of carbonyl (C=O) groups is 1. The molecule has 0 atom stereocenters. The Morgan fingerprint density at radius 2 is 1.72 bits per heavy atom. The first-order chi connectivity index (χ1) is 12.2. The Morgan fingerprint density at radius 1 is 1.00 bits per heavy atom. The summed E-state index contributed by atoms with van der Waals surface area (Å²) in [6.07, 6.45) is 2.55. The molecular weight excluding hydrogens is 310 g/mol. The lowest BCUT2D eigenvalue weighted by Crippen LogP contribution is -2.36. The van der Waals surface area contributed by atoms with Crippen molar-refractivity contribution in [3.8, 4) is 11.4 Å². The van der Waals surface area contributed by atoms with Gasteiger partial charge in [-0.15, -0.1) is 0 Å². The summed E-state index contributed by atoms with van der Waals surface area (Å²) in [5, 5.41) is 0. The lowest BCUT2D eigenvalue weighted by Gasteiger charge is -2.29. The molecule has 25 heavy (non-hydrogen) atoms. The van der Waals surface area contributed by atoms with Crippen molar-refractivity contribution in [1.29, 1.82) is 0 Å². The Bertz CT molecular complexity index is 921. The predicted molar refractivity (Wildman–Crippen MR) is 97.1 cm³/mol. The second-order valence-electron chi connectivity index (χ2n) is 6.30. The van der Waals surface area contributed by atoms with Crippen molar-refractivity contribution in [3.05, 3.63) is 83.2 Å². The Morgan fingerprint density at radius 3 is 2.48 bits per heavy atom. The summed E-state index contributed by atoms with van der Waals surface area (Å²) >= 11 is 0. The minimum atomic E-state index is 0.00612. The van der Waals surface area contributed by atoms with Crippen LogP contribution in [0.5, 0.6) is 0 Å². The largest absolute Gasteiger partial charge is 0.334 e. The van der Waals surface area contributed by atoms with Gasteiger partial charge in [-0.1, -0.05) is 54.6 Å². The lowest BCUT2D eigenvalue weighted by molar-refractivity contribution is 0.0733. The zero-order chi connectivity index (χ0) is 17.2. The number of aromatic nitrogens is 2. The first-order valence-electron chi connectivity index (χ1n) is 8.47. The number of benzene rings is 2. The Hall–Kier alpha value is -3.01. The van der Waals surface area contributed by atoms with Crippen molar-refractivity contribution < 1.29 is 4.79 Å². The first kappa shape index (κ1) is 15.5. The van der Waals surface area contributed by atoms with Crippen LogP contribution >= 0.6 is 0 Å². The molecule has 0 fully saturated rings. The summed E-state index contributed by atoms with van der Waals surface area (Å²) in [6, 6.07) is 18.1. The Labute approximate surface area is 147 Å². The van der Waals surface area contributed by atoms with E-state index in [4.69, 9.17) is 0 Å². The first-order valence-corrected chi connectivity index (χ1v) is 8.47. The lowest BCUT2D eigenvalue weighted by atomic mass is 9.99. The SMILES string of the molecule is Cc1nc(-c2ccccc2)ncc1C(=O)N1CCc2ccccc2C1. The van der Waals surface area contributed by atoms with Gasteiger partial charge in [0.05, 0.1) is 11.3 Å². The van der Waals surface area contributed by atoms with Gasteiger partial charge in [0.1, 0.15) is 0 Å². The molecule has 3 aromatic rings. The maximum Gasteiger partial charge on any atom is 0.257 e. The fraction of sp³-hybridized carbons (Fsp3) is 0.190. The molecule has 2 aromatic carbocycles. The molecular formula is C21H19N3O. The zero-order valence-electron chi connectivity index (χ0n) is 14.1. The highest BCUT2D eigenvalue weighted by Gasteiger charge is 2.23. The summed E-state index contributed by atoms with van der Waals surface area (Å²) in [5.74, 6) is 0.658. The van der Waals surface area contributed by atoms with Gasteiger partial charge in [0.25, 0.3) is 5.91 Å². The van der Waals surface area contributed by atoms with Crippen LogP contribution < -0.4 is 0 Å². The molecule has 0 saturated heterocycles. The van der Waals surface area contributed by atoms with E-state index in [1.165, 1.54) is 11.1 Å². The summed E-state index contributed by atoms with van der Waals surface area (Å²) in [6.45, 7) is 3.25. The zero-order valence-corrected chi connectivity index (χ0v) is 14.1. The van der Waals surface area contributed by atoms with Gasteiger partial charge < -0.3 is 4.90 Å². The van der Waals surface area contributed by atoms with Crippen LogP contribution in [-0.4, -0.2) is 27.3 Å². The fourth-order valence-electron chi connectivity index (χ4n) is 3.24. The van der Waals surface area contributed by atoms with E-state index in [-0.39, 0.29) is 5.91 Å². The average molecular weight is 329 g/mol. The maximum absolute atomic E-state index is 12.9. The summed E-state index contributed by atoms with van der Waals surface area (Å²) in [5.41, 5.74) is 4.81. The monoisotopic (exact) mass is 329 g/mol. The van der Waals surface area contributed by atoms with E-state index in [0.29, 0.717) is 17.9 Å². The predicted octanol–water partition coefficient (Wildman–Crippen LogP) is 3.65. The number of amides is 1. The van der Waals surface area contributed by atoms with E-state index in [1.54, 1.807) is 6.20 Å². The molecule has 0 N–H and O–H groups in total. The molecule has 1 aliphatic heterocycles. The van der Waals surface area contributed by atoms with Gasteiger partial charge in [0.2, 0.25) is 0 Å². The smallest absolute Gasteiger partial charge is 0.257 e. The van der Waals surface area contributed by atoms with E-state index in [0.717, 1.165) is 24.2 Å². The van der Waals surface area contributed by atoms with Gasteiger partial charge in [-0.25, -0.2) is 9.97 Å². The molecule has 0 aliphatic carbocycles. The van der Waals surface area contributed by atoms with Crippen LogP contribution in [0.25, 0.3) is 11.4 Å². The topological polar surface area (TPSA) is 46.1 Å². The van der Waals surface area contributed by atoms with Gasteiger partial charge in [-0.2, -0.15) is 0 Å². The summed E-state index contributed by atoms with van der Waals surface area (Å²) in [4.78, 5) is 23.8. The quantitative estimate of drug-likeness (QED) is 0.721. The van der Waals surface area contributed by atoms with Crippen LogP contribution in [0.15, 0.2) is 60.8 Å². The molecule has 1 aliphatic rings. The van der Waals surface area contributed by atoms with Crippen molar-refractivity contribution in [2.24, 2.45) is 0 Å². The summed E-state index contributed by atoms with van der Waals surface area (Å²) in [7, 11) is 0. The molecule has 0 saturated carbocycles. The molecule has 1 aromatic heterocycles. The molecule has 2 heterocycles. The maximum atomic E-state index is 12.9. The number of nitrogens with zero attached hydrogens (tertiary/aromatic N) is 3. The molecule has 4 rings (SSSR count). The third kappa shape index (κ3) is 3.03. The van der Waals surface area contributed by atoms with Crippen LogP contribution in [-0.2, 0) is 13.0 Å². The van der Waals surface area contributed by atoms with Gasteiger partial charge in [0.15, 0.2) is 5.82 Å². The molecule has 0 unspecified atom stereocenters. The molecule has 4 heteroatoms. The summed E-state index contributed by atoms with van der Waals surface area (Å²) < 4.78 is 0. The number of carbonyl (C=O) groups excluding carboxylic acids is 1. The molecule has 0 radical (unpaired) electrons. The van der Waals surface area contributed by atoms with Gasteiger partial charge in [-0.05, 0) is 24.5 Å². The van der Waals surface area contributed by atoms with Gasteiger partial charge >= 0.3 is 0 Å². The van der Waals surface area contributed by atoms with Crippen LogP contribution in [0.4, 0.5) is 0 Å². The van der Waals surface area contributed by atoms with E-state index in [9.17, 15) is 4.79 Å². The van der Waals surface area contributed by atoms with Crippen molar-refractivity contribution >= 4 is 5.91 Å².